The minimum atomic E-state index is 0.642. The maximum atomic E-state index is 4.43. The summed E-state index contributed by atoms with van der Waals surface area (Å²) in [5, 5.41) is 2.97. The molecule has 0 amide bonds. The van der Waals surface area contributed by atoms with Gasteiger partial charge in [0.25, 0.3) is 0 Å². The molecule has 0 aliphatic rings. The van der Waals surface area contributed by atoms with E-state index >= 15 is 0 Å². The molecule has 18 heavy (non-hydrogen) atoms. The number of aryl methyl sites for hydroxylation is 1. The molecule has 2 heterocycles. The van der Waals surface area contributed by atoms with Crippen LogP contribution < -0.4 is 10.2 Å². The van der Waals surface area contributed by atoms with E-state index < -0.39 is 0 Å². The van der Waals surface area contributed by atoms with Crippen molar-refractivity contribution in [3.05, 3.63) is 41.9 Å². The number of hydrogen-bond acceptors (Lipinski definition) is 5. The fraction of sp³-hybridized carbons (Fsp3) is 0.308. The topological polar surface area (TPSA) is 53.9 Å². The predicted octanol–water partition coefficient (Wildman–Crippen LogP) is 1.86. The van der Waals surface area contributed by atoms with Gasteiger partial charge >= 0.3 is 0 Å². The van der Waals surface area contributed by atoms with Crippen molar-refractivity contribution >= 4 is 11.8 Å². The molecule has 5 nitrogen and oxygen atoms in total. The van der Waals surface area contributed by atoms with Gasteiger partial charge in [-0.15, -0.1) is 0 Å². The normalized spacial score (nSPS) is 10.2. The molecule has 2 rings (SSSR count). The number of nitrogens with one attached hydrogen (secondary N) is 1. The first-order valence-electron chi connectivity index (χ1n) is 5.82. The molecule has 0 spiro atoms. The zero-order valence-corrected chi connectivity index (χ0v) is 10.9. The molecule has 0 aromatic carbocycles. The molecule has 2 aromatic rings. The van der Waals surface area contributed by atoms with Crippen molar-refractivity contribution in [2.75, 3.05) is 24.3 Å². The maximum absolute atomic E-state index is 4.43. The monoisotopic (exact) mass is 243 g/mol. The molecule has 0 unspecified atom stereocenters. The summed E-state index contributed by atoms with van der Waals surface area (Å²) in [6.07, 6.45) is 3.64. The summed E-state index contributed by atoms with van der Waals surface area (Å²) in [6.45, 7) is 2.73. The predicted molar refractivity (Wildman–Crippen MR) is 72.7 cm³/mol. The molecule has 5 heteroatoms. The van der Waals surface area contributed by atoms with Crippen LogP contribution >= 0.6 is 0 Å². The van der Waals surface area contributed by atoms with Crippen molar-refractivity contribution < 1.29 is 0 Å². The molecule has 0 aliphatic carbocycles. The van der Waals surface area contributed by atoms with Crippen LogP contribution in [0.25, 0.3) is 0 Å². The van der Waals surface area contributed by atoms with E-state index in [0.29, 0.717) is 5.95 Å². The molecular weight excluding hydrogens is 226 g/mol. The SMILES string of the molecule is CNc1nc(C)cc(N(C)Cc2cccnc2)n1. The van der Waals surface area contributed by atoms with E-state index in [1.54, 1.807) is 6.20 Å². The van der Waals surface area contributed by atoms with Gasteiger partial charge in [-0.3, -0.25) is 4.98 Å². The first-order valence-corrected chi connectivity index (χ1v) is 5.82. The second-order valence-corrected chi connectivity index (χ2v) is 4.16. The molecule has 94 valence electrons. The van der Waals surface area contributed by atoms with Crippen molar-refractivity contribution in [3.8, 4) is 0 Å². The zero-order valence-electron chi connectivity index (χ0n) is 10.9. The maximum Gasteiger partial charge on any atom is 0.224 e. The summed E-state index contributed by atoms with van der Waals surface area (Å²) in [5.74, 6) is 1.54. The summed E-state index contributed by atoms with van der Waals surface area (Å²) >= 11 is 0. The first-order chi connectivity index (χ1) is 8.69. The Kier molecular flexibility index (Phi) is 3.72. The van der Waals surface area contributed by atoms with Crippen LogP contribution in [0.3, 0.4) is 0 Å². The molecule has 1 N–H and O–H groups in total. The van der Waals surface area contributed by atoms with Gasteiger partial charge in [0.05, 0.1) is 0 Å². The number of nitrogens with zero attached hydrogens (tertiary/aromatic N) is 4. The Hall–Kier alpha value is -2.17. The van der Waals surface area contributed by atoms with Gasteiger partial charge in [0.15, 0.2) is 0 Å². The standard InChI is InChI=1S/C13H17N5/c1-10-7-12(17-13(14-2)16-10)18(3)9-11-5-4-6-15-8-11/h4-8H,9H2,1-3H3,(H,14,16,17). The summed E-state index contributed by atoms with van der Waals surface area (Å²) in [5.41, 5.74) is 2.10. The van der Waals surface area contributed by atoms with Crippen molar-refractivity contribution in [3.63, 3.8) is 0 Å². The largest absolute Gasteiger partial charge is 0.357 e. The molecule has 0 saturated carbocycles. The fourth-order valence-electron chi connectivity index (χ4n) is 1.71. The first kappa shape index (κ1) is 12.3. The lowest BCUT2D eigenvalue weighted by Crippen LogP contribution is -2.18. The number of pyridine rings is 1. The highest BCUT2D eigenvalue weighted by Gasteiger charge is 2.06. The third kappa shape index (κ3) is 2.94. The quantitative estimate of drug-likeness (QED) is 0.888. The van der Waals surface area contributed by atoms with Crippen LogP contribution in [0, 0.1) is 6.92 Å². The Labute approximate surface area is 107 Å². The van der Waals surface area contributed by atoms with Gasteiger partial charge in [0.1, 0.15) is 5.82 Å². The minimum Gasteiger partial charge on any atom is -0.357 e. The van der Waals surface area contributed by atoms with Gasteiger partial charge in [-0.25, -0.2) is 4.98 Å². The Balaban J connectivity index is 2.18. The van der Waals surface area contributed by atoms with Gasteiger partial charge in [0.2, 0.25) is 5.95 Å². The Morgan fingerprint density at radius 3 is 2.83 bits per heavy atom. The number of anilines is 2. The highest BCUT2D eigenvalue weighted by molar-refractivity contribution is 5.44. The van der Waals surface area contributed by atoms with Crippen molar-refractivity contribution in [1.82, 2.24) is 15.0 Å². The van der Waals surface area contributed by atoms with Crippen LogP contribution in [0.15, 0.2) is 30.6 Å². The lowest BCUT2D eigenvalue weighted by Gasteiger charge is -2.19. The summed E-state index contributed by atoms with van der Waals surface area (Å²) in [4.78, 5) is 14.9. The zero-order chi connectivity index (χ0) is 13.0. The number of rotatable bonds is 4. The van der Waals surface area contributed by atoms with E-state index in [9.17, 15) is 0 Å². The van der Waals surface area contributed by atoms with E-state index in [2.05, 4.69) is 31.2 Å². The Bertz CT molecular complexity index is 512. The molecule has 2 aromatic heterocycles. The van der Waals surface area contributed by atoms with E-state index in [4.69, 9.17) is 0 Å². The van der Waals surface area contributed by atoms with E-state index in [1.807, 2.05) is 39.3 Å². The Morgan fingerprint density at radius 1 is 1.33 bits per heavy atom. The average molecular weight is 243 g/mol. The molecule has 0 radical (unpaired) electrons. The van der Waals surface area contributed by atoms with Gasteiger partial charge in [-0.05, 0) is 18.6 Å². The van der Waals surface area contributed by atoms with Crippen molar-refractivity contribution in [2.24, 2.45) is 0 Å². The molecule has 0 fully saturated rings. The summed E-state index contributed by atoms with van der Waals surface area (Å²) < 4.78 is 0. The van der Waals surface area contributed by atoms with Gasteiger partial charge in [-0.1, -0.05) is 6.07 Å². The average Bonchev–Trinajstić information content (AvgIpc) is 2.39. The number of hydrogen-bond donors (Lipinski definition) is 1. The minimum absolute atomic E-state index is 0.642. The van der Waals surface area contributed by atoms with E-state index in [1.165, 1.54) is 0 Å². The van der Waals surface area contributed by atoms with Crippen molar-refractivity contribution in [1.29, 1.82) is 0 Å². The molecule has 0 bridgehead atoms. The summed E-state index contributed by atoms with van der Waals surface area (Å²) in [7, 11) is 3.83. The fourth-order valence-corrected chi connectivity index (χ4v) is 1.71. The van der Waals surface area contributed by atoms with E-state index in [0.717, 1.165) is 23.6 Å². The second-order valence-electron chi connectivity index (χ2n) is 4.16. The molecule has 0 atom stereocenters. The van der Waals surface area contributed by atoms with Crippen LogP contribution in [0.2, 0.25) is 0 Å². The van der Waals surface area contributed by atoms with Crippen LogP contribution in [-0.4, -0.2) is 29.0 Å². The van der Waals surface area contributed by atoms with Crippen LogP contribution in [0.5, 0.6) is 0 Å². The number of aromatic nitrogens is 3. The lowest BCUT2D eigenvalue weighted by atomic mass is 10.2. The van der Waals surface area contributed by atoms with E-state index in [-0.39, 0.29) is 0 Å². The van der Waals surface area contributed by atoms with Crippen LogP contribution in [0.4, 0.5) is 11.8 Å². The van der Waals surface area contributed by atoms with Gasteiger partial charge < -0.3 is 10.2 Å². The van der Waals surface area contributed by atoms with Crippen molar-refractivity contribution in [2.45, 2.75) is 13.5 Å². The summed E-state index contributed by atoms with van der Waals surface area (Å²) in [6, 6.07) is 5.96. The molecular formula is C13H17N5. The smallest absolute Gasteiger partial charge is 0.224 e. The molecule has 0 aliphatic heterocycles. The lowest BCUT2D eigenvalue weighted by molar-refractivity contribution is 0.882. The Morgan fingerprint density at radius 2 is 2.17 bits per heavy atom. The van der Waals surface area contributed by atoms with Crippen LogP contribution in [0.1, 0.15) is 11.3 Å². The molecule has 0 saturated heterocycles. The van der Waals surface area contributed by atoms with Crippen LogP contribution in [-0.2, 0) is 6.54 Å². The highest BCUT2D eigenvalue weighted by atomic mass is 15.2. The highest BCUT2D eigenvalue weighted by Crippen LogP contribution is 2.15. The van der Waals surface area contributed by atoms with Gasteiger partial charge in [0, 0.05) is 44.8 Å². The van der Waals surface area contributed by atoms with Gasteiger partial charge in [-0.2, -0.15) is 4.98 Å². The third-order valence-electron chi connectivity index (χ3n) is 2.60. The second kappa shape index (κ2) is 5.44. The third-order valence-corrected chi connectivity index (χ3v) is 2.60.